The molecule has 2 fully saturated rings. The van der Waals surface area contributed by atoms with Gasteiger partial charge in [0.25, 0.3) is 30.4 Å². The van der Waals surface area contributed by atoms with E-state index in [0.717, 1.165) is 24.2 Å². The van der Waals surface area contributed by atoms with Crippen molar-refractivity contribution in [3.63, 3.8) is 0 Å². The van der Waals surface area contributed by atoms with Crippen molar-refractivity contribution < 1.29 is 48.8 Å². The van der Waals surface area contributed by atoms with Crippen LogP contribution < -0.4 is 16.4 Å². The highest BCUT2D eigenvalue weighted by Crippen LogP contribution is 2.64. The minimum absolute atomic E-state index is 0.0152. The predicted molar refractivity (Wildman–Crippen MR) is 170 cm³/mol. The van der Waals surface area contributed by atoms with E-state index in [9.17, 15) is 35.2 Å². The topological polar surface area (TPSA) is 256 Å². The SMILES string of the molecule is CC1(C)C2CCC1(CS(=O)(=O)O)C(=O)C2.CN(C)c1ccc2cc(S(=O)(=O)O)cc(O)c2c1.Nc1ccc(N)c(S(=O)(=O)O)c1. The maximum absolute atomic E-state index is 11.9. The second kappa shape index (κ2) is 12.4. The molecule has 2 bridgehead atoms. The van der Waals surface area contributed by atoms with Crippen LogP contribution in [0, 0.1) is 16.7 Å². The van der Waals surface area contributed by atoms with Gasteiger partial charge in [-0.3, -0.25) is 18.5 Å². The maximum atomic E-state index is 11.9. The highest BCUT2D eigenvalue weighted by Gasteiger charge is 2.65. The molecule has 2 atom stereocenters. The predicted octanol–water partition coefficient (Wildman–Crippen LogP) is 3.23. The second-order valence-corrected chi connectivity index (χ2v) is 16.1. The summed E-state index contributed by atoms with van der Waals surface area (Å²) in [6, 6.07) is 11.5. The van der Waals surface area contributed by atoms with E-state index in [0.29, 0.717) is 23.6 Å². The summed E-state index contributed by atoms with van der Waals surface area (Å²) in [5, 5.41) is 10.9. The molecular formula is C28H37N3O11S3. The van der Waals surface area contributed by atoms with Gasteiger partial charge in [-0.05, 0) is 66.0 Å². The molecule has 2 saturated carbocycles. The summed E-state index contributed by atoms with van der Waals surface area (Å²) in [6.07, 6.45) is 1.97. The van der Waals surface area contributed by atoms with Gasteiger partial charge in [0.1, 0.15) is 16.4 Å². The van der Waals surface area contributed by atoms with E-state index in [1.807, 2.05) is 32.8 Å². The Hall–Kier alpha value is -3.48. The molecule has 45 heavy (non-hydrogen) atoms. The van der Waals surface area contributed by atoms with Crippen LogP contribution >= 0.6 is 0 Å². The first-order valence-electron chi connectivity index (χ1n) is 13.4. The van der Waals surface area contributed by atoms with E-state index < -0.39 is 41.5 Å². The number of nitrogen functional groups attached to an aromatic ring is 2. The molecule has 2 aliphatic carbocycles. The van der Waals surface area contributed by atoms with E-state index in [1.54, 1.807) is 18.2 Å². The van der Waals surface area contributed by atoms with Gasteiger partial charge in [0.05, 0.1) is 21.8 Å². The van der Waals surface area contributed by atoms with Gasteiger partial charge in [0.2, 0.25) is 0 Å². The lowest BCUT2D eigenvalue weighted by Gasteiger charge is -2.35. The zero-order valence-electron chi connectivity index (χ0n) is 25.0. The number of nitrogens with two attached hydrogens (primary N) is 2. The quantitative estimate of drug-likeness (QED) is 0.166. The molecule has 17 heteroatoms. The lowest BCUT2D eigenvalue weighted by molar-refractivity contribution is -0.128. The maximum Gasteiger partial charge on any atom is 0.296 e. The summed E-state index contributed by atoms with van der Waals surface area (Å²) in [5.41, 5.74) is 10.6. The Balaban J connectivity index is 0.000000188. The van der Waals surface area contributed by atoms with Crippen LogP contribution in [0.1, 0.15) is 33.1 Å². The molecule has 0 saturated heterocycles. The fraction of sp³-hybridized carbons (Fsp3) is 0.393. The Labute approximate surface area is 262 Å². The Morgan fingerprint density at radius 2 is 1.51 bits per heavy atom. The standard InChI is InChI=1S/C12H13NO4S.C10H16O4S.C6H8N2O3S/c1-13(2)9-4-3-8-5-10(18(15,16)17)7-12(14)11(8)6-9;1-9(2)7-3-4-10(9,8(11)5-7)6-15(12,13)14;7-4-1-2-5(8)6(3-4)12(9,10)11/h3-7,14H,1-2H3,(H,15,16,17);7H,3-6H2,1-2H3,(H,12,13,14);1-3H,7-8H2,(H,9,10,11). The van der Waals surface area contributed by atoms with Gasteiger partial charge in [-0.2, -0.15) is 25.3 Å². The van der Waals surface area contributed by atoms with Crippen molar-refractivity contribution in [2.24, 2.45) is 16.7 Å². The van der Waals surface area contributed by atoms with Crippen LogP contribution in [0.4, 0.5) is 17.1 Å². The van der Waals surface area contributed by atoms with Crippen molar-refractivity contribution >= 4 is 64.0 Å². The van der Waals surface area contributed by atoms with Crippen LogP contribution in [0.5, 0.6) is 5.75 Å². The number of nitrogens with zero attached hydrogens (tertiary/aromatic N) is 1. The Morgan fingerprint density at radius 1 is 0.889 bits per heavy atom. The van der Waals surface area contributed by atoms with Gasteiger partial charge in [-0.15, -0.1) is 0 Å². The number of Topliss-reactive ketones (excluding diaryl/α,β-unsaturated/α-hetero) is 1. The molecule has 0 amide bonds. The Kier molecular flexibility index (Phi) is 9.90. The van der Waals surface area contributed by atoms with E-state index in [4.69, 9.17) is 25.1 Å². The molecule has 3 aromatic carbocycles. The number of phenols is 1. The van der Waals surface area contributed by atoms with E-state index in [1.165, 1.54) is 18.2 Å². The molecule has 0 aliphatic heterocycles. The van der Waals surface area contributed by atoms with Crippen LogP contribution in [-0.2, 0) is 35.1 Å². The number of aromatic hydroxyl groups is 1. The molecule has 14 nitrogen and oxygen atoms in total. The Morgan fingerprint density at radius 3 is 1.96 bits per heavy atom. The van der Waals surface area contributed by atoms with Crippen molar-refractivity contribution in [1.29, 1.82) is 0 Å². The van der Waals surface area contributed by atoms with Crippen molar-refractivity contribution in [3.8, 4) is 5.75 Å². The molecule has 3 aromatic rings. The first kappa shape index (κ1) is 36.0. The third-order valence-electron chi connectivity index (χ3n) is 8.59. The van der Waals surface area contributed by atoms with E-state index in [-0.39, 0.29) is 44.0 Å². The molecule has 0 spiro atoms. The number of phenolic OH excluding ortho intramolecular Hbond substituents is 1. The number of hydrogen-bond donors (Lipinski definition) is 6. The zero-order valence-corrected chi connectivity index (χ0v) is 27.4. The molecular weight excluding hydrogens is 651 g/mol. The zero-order chi connectivity index (χ0) is 34.3. The number of rotatable bonds is 5. The van der Waals surface area contributed by atoms with Crippen LogP contribution in [0.15, 0.2) is 58.3 Å². The van der Waals surface area contributed by atoms with Crippen molar-refractivity contribution in [3.05, 3.63) is 48.5 Å². The average Bonchev–Trinajstić information content (AvgIpc) is 3.23. The van der Waals surface area contributed by atoms with Crippen LogP contribution in [0.25, 0.3) is 10.8 Å². The summed E-state index contributed by atoms with van der Waals surface area (Å²) >= 11 is 0. The smallest absolute Gasteiger partial charge is 0.296 e. The van der Waals surface area contributed by atoms with Gasteiger partial charge in [0.15, 0.2) is 0 Å². The number of fused-ring (bicyclic) bond motifs is 3. The van der Waals surface area contributed by atoms with Crippen molar-refractivity contribution in [2.75, 3.05) is 36.2 Å². The van der Waals surface area contributed by atoms with Gasteiger partial charge in [-0.25, -0.2) is 0 Å². The van der Waals surface area contributed by atoms with Gasteiger partial charge < -0.3 is 21.5 Å². The molecule has 8 N–H and O–H groups in total. The minimum atomic E-state index is -4.31. The summed E-state index contributed by atoms with van der Waals surface area (Å²) < 4.78 is 91.9. The van der Waals surface area contributed by atoms with E-state index >= 15 is 0 Å². The fourth-order valence-electron chi connectivity index (χ4n) is 5.92. The van der Waals surface area contributed by atoms with Gasteiger partial charge in [0, 0.05) is 43.3 Å². The van der Waals surface area contributed by atoms with Gasteiger partial charge in [-0.1, -0.05) is 19.9 Å². The van der Waals surface area contributed by atoms with Crippen molar-refractivity contribution in [2.45, 2.75) is 42.9 Å². The van der Waals surface area contributed by atoms with E-state index in [2.05, 4.69) is 0 Å². The Bertz CT molecular complexity index is 1960. The van der Waals surface area contributed by atoms with Crippen molar-refractivity contribution in [1.82, 2.24) is 0 Å². The first-order valence-corrected chi connectivity index (χ1v) is 17.9. The molecule has 248 valence electrons. The summed E-state index contributed by atoms with van der Waals surface area (Å²) in [6.45, 7) is 3.89. The normalized spacial score (nSPS) is 20.6. The number of anilines is 3. The molecule has 5 rings (SSSR count). The lowest BCUT2D eigenvalue weighted by Crippen LogP contribution is -2.42. The fourth-order valence-corrected chi connectivity index (χ4v) is 8.41. The molecule has 2 aliphatic rings. The highest BCUT2D eigenvalue weighted by atomic mass is 32.2. The van der Waals surface area contributed by atoms with Crippen LogP contribution in [0.2, 0.25) is 0 Å². The summed E-state index contributed by atoms with van der Waals surface area (Å²) in [7, 11) is -8.92. The summed E-state index contributed by atoms with van der Waals surface area (Å²) in [4.78, 5) is 13.1. The largest absolute Gasteiger partial charge is 0.507 e. The van der Waals surface area contributed by atoms with Crippen LogP contribution in [0.3, 0.4) is 0 Å². The lowest BCUT2D eigenvalue weighted by atomic mass is 9.70. The highest BCUT2D eigenvalue weighted by molar-refractivity contribution is 7.86. The number of ketones is 1. The third-order valence-corrected chi connectivity index (χ3v) is 11.2. The second-order valence-electron chi connectivity index (χ2n) is 11.9. The number of carbonyl (C=O) groups is 1. The molecule has 2 unspecified atom stereocenters. The molecule has 0 radical (unpaired) electrons. The molecule has 0 heterocycles. The summed E-state index contributed by atoms with van der Waals surface area (Å²) in [5.74, 6) is -0.278. The number of benzene rings is 3. The molecule has 0 aromatic heterocycles. The van der Waals surface area contributed by atoms with Gasteiger partial charge >= 0.3 is 0 Å². The number of hydrogen-bond acceptors (Lipinski definition) is 11. The number of carbonyl (C=O) groups excluding carboxylic acids is 1. The monoisotopic (exact) mass is 687 g/mol. The average molecular weight is 688 g/mol. The minimum Gasteiger partial charge on any atom is -0.507 e. The van der Waals surface area contributed by atoms with Crippen LogP contribution in [-0.4, -0.2) is 69.6 Å². The first-order chi connectivity index (χ1) is 20.4. The third kappa shape index (κ3) is 7.85.